The number of carboxylic acid groups (broad SMARTS) is 1. The van der Waals surface area contributed by atoms with Crippen molar-refractivity contribution >= 4 is 5.97 Å². The molecule has 0 aromatic carbocycles. The fourth-order valence-corrected chi connectivity index (χ4v) is 1.65. The van der Waals surface area contributed by atoms with E-state index in [1.807, 2.05) is 0 Å². The Hall–Kier alpha value is -0.570. The highest BCUT2D eigenvalue weighted by Crippen LogP contribution is 2.23. The summed E-state index contributed by atoms with van der Waals surface area (Å²) in [5, 5.41) is 11.6. The molecular weight excluding hydrogens is 154 g/mol. The second-order valence-corrected chi connectivity index (χ2v) is 3.62. The van der Waals surface area contributed by atoms with Crippen LogP contribution in [0.25, 0.3) is 0 Å². The largest absolute Gasteiger partial charge is 0.480 e. The lowest BCUT2D eigenvalue weighted by Crippen LogP contribution is -2.36. The summed E-state index contributed by atoms with van der Waals surface area (Å²) in [5.41, 5.74) is 0. The van der Waals surface area contributed by atoms with E-state index in [2.05, 4.69) is 5.32 Å². The van der Waals surface area contributed by atoms with Gasteiger partial charge in [0.1, 0.15) is 6.04 Å². The molecule has 2 N–H and O–H groups in total. The van der Waals surface area contributed by atoms with E-state index in [1.165, 1.54) is 25.7 Å². The topological polar surface area (TPSA) is 49.3 Å². The highest BCUT2D eigenvalue weighted by molar-refractivity contribution is 5.72. The van der Waals surface area contributed by atoms with Crippen LogP contribution >= 0.6 is 0 Å². The van der Waals surface area contributed by atoms with Gasteiger partial charge in [-0.25, -0.2) is 0 Å². The Morgan fingerprint density at radius 2 is 2.17 bits per heavy atom. The van der Waals surface area contributed by atoms with Gasteiger partial charge in [0.25, 0.3) is 0 Å². The standard InChI is InChI=1S/C9H17NO2/c1-7(9(11)12)10-6-8-4-2-3-5-8/h7-8,10H,2-6H2,1H3,(H,11,12). The minimum atomic E-state index is -0.756. The van der Waals surface area contributed by atoms with E-state index in [4.69, 9.17) is 5.11 Å². The number of carbonyl (C=O) groups is 1. The molecule has 1 aliphatic carbocycles. The molecule has 3 heteroatoms. The average molecular weight is 171 g/mol. The Balaban J connectivity index is 2.11. The molecule has 0 radical (unpaired) electrons. The fourth-order valence-electron chi connectivity index (χ4n) is 1.65. The van der Waals surface area contributed by atoms with Gasteiger partial charge in [0.05, 0.1) is 0 Å². The lowest BCUT2D eigenvalue weighted by Gasteiger charge is -2.13. The van der Waals surface area contributed by atoms with Gasteiger partial charge in [-0.3, -0.25) is 4.79 Å². The van der Waals surface area contributed by atoms with E-state index < -0.39 is 12.0 Å². The molecule has 12 heavy (non-hydrogen) atoms. The Morgan fingerprint density at radius 1 is 1.58 bits per heavy atom. The van der Waals surface area contributed by atoms with Crippen molar-refractivity contribution in [2.24, 2.45) is 5.92 Å². The first-order valence-electron chi connectivity index (χ1n) is 4.66. The molecule has 0 spiro atoms. The Kier molecular flexibility index (Phi) is 3.53. The van der Waals surface area contributed by atoms with Crippen molar-refractivity contribution in [3.8, 4) is 0 Å². The van der Waals surface area contributed by atoms with Crippen molar-refractivity contribution < 1.29 is 9.90 Å². The summed E-state index contributed by atoms with van der Waals surface area (Å²) in [4.78, 5) is 10.4. The van der Waals surface area contributed by atoms with Gasteiger partial charge < -0.3 is 10.4 Å². The molecule has 0 amide bonds. The van der Waals surface area contributed by atoms with Crippen LogP contribution in [0.5, 0.6) is 0 Å². The number of hydrogen-bond donors (Lipinski definition) is 2. The molecule has 1 atom stereocenters. The van der Waals surface area contributed by atoms with Crippen molar-refractivity contribution in [2.75, 3.05) is 6.54 Å². The van der Waals surface area contributed by atoms with E-state index in [0.29, 0.717) is 5.92 Å². The van der Waals surface area contributed by atoms with E-state index in [1.54, 1.807) is 6.92 Å². The monoisotopic (exact) mass is 171 g/mol. The highest BCUT2D eigenvalue weighted by Gasteiger charge is 2.17. The van der Waals surface area contributed by atoms with Crippen LogP contribution < -0.4 is 5.32 Å². The SMILES string of the molecule is CC(NCC1CCCC1)C(=O)O. The highest BCUT2D eigenvalue weighted by atomic mass is 16.4. The number of nitrogens with one attached hydrogen (secondary N) is 1. The lowest BCUT2D eigenvalue weighted by atomic mass is 10.1. The van der Waals surface area contributed by atoms with Crippen molar-refractivity contribution in [3.63, 3.8) is 0 Å². The minimum Gasteiger partial charge on any atom is -0.480 e. The van der Waals surface area contributed by atoms with E-state index in [-0.39, 0.29) is 0 Å². The van der Waals surface area contributed by atoms with Gasteiger partial charge in [0.2, 0.25) is 0 Å². The van der Waals surface area contributed by atoms with Crippen molar-refractivity contribution in [2.45, 2.75) is 38.6 Å². The van der Waals surface area contributed by atoms with Crippen molar-refractivity contribution in [1.82, 2.24) is 5.32 Å². The molecular formula is C9H17NO2. The third-order valence-electron chi connectivity index (χ3n) is 2.56. The van der Waals surface area contributed by atoms with Crippen LogP contribution in [0.3, 0.4) is 0 Å². The van der Waals surface area contributed by atoms with E-state index in [0.717, 1.165) is 6.54 Å². The normalized spacial score (nSPS) is 21.1. The van der Waals surface area contributed by atoms with E-state index >= 15 is 0 Å². The van der Waals surface area contributed by atoms with Crippen LogP contribution in [0.4, 0.5) is 0 Å². The van der Waals surface area contributed by atoms with Crippen LogP contribution in [0.15, 0.2) is 0 Å². The number of rotatable bonds is 4. The van der Waals surface area contributed by atoms with Gasteiger partial charge in [-0.2, -0.15) is 0 Å². The van der Waals surface area contributed by atoms with Crippen molar-refractivity contribution in [1.29, 1.82) is 0 Å². The zero-order valence-electron chi connectivity index (χ0n) is 7.55. The van der Waals surface area contributed by atoms with Crippen LogP contribution in [0, 0.1) is 5.92 Å². The number of hydrogen-bond acceptors (Lipinski definition) is 2. The van der Waals surface area contributed by atoms with Crippen LogP contribution in [0.2, 0.25) is 0 Å². The second-order valence-electron chi connectivity index (χ2n) is 3.62. The molecule has 1 aliphatic rings. The first-order valence-corrected chi connectivity index (χ1v) is 4.66. The molecule has 1 saturated carbocycles. The second kappa shape index (κ2) is 4.45. The molecule has 0 aliphatic heterocycles. The molecule has 0 saturated heterocycles. The van der Waals surface area contributed by atoms with E-state index in [9.17, 15) is 4.79 Å². The predicted octanol–water partition coefficient (Wildman–Crippen LogP) is 1.24. The first-order chi connectivity index (χ1) is 5.70. The van der Waals surface area contributed by atoms with Gasteiger partial charge in [0.15, 0.2) is 0 Å². The molecule has 1 fully saturated rings. The first kappa shape index (κ1) is 9.52. The Labute approximate surface area is 73.2 Å². The minimum absolute atomic E-state index is 0.398. The number of carboxylic acids is 1. The summed E-state index contributed by atoms with van der Waals surface area (Å²) in [7, 11) is 0. The molecule has 0 aromatic rings. The van der Waals surface area contributed by atoms with Crippen molar-refractivity contribution in [3.05, 3.63) is 0 Å². The molecule has 70 valence electrons. The predicted molar refractivity (Wildman–Crippen MR) is 47.1 cm³/mol. The molecule has 0 bridgehead atoms. The number of aliphatic carboxylic acids is 1. The van der Waals surface area contributed by atoms with Gasteiger partial charge in [-0.05, 0) is 32.2 Å². The smallest absolute Gasteiger partial charge is 0.320 e. The summed E-state index contributed by atoms with van der Waals surface area (Å²) in [6.45, 7) is 2.56. The summed E-state index contributed by atoms with van der Waals surface area (Å²) in [6.07, 6.45) is 5.15. The lowest BCUT2D eigenvalue weighted by molar-refractivity contribution is -0.139. The quantitative estimate of drug-likeness (QED) is 0.669. The third kappa shape index (κ3) is 2.81. The van der Waals surface area contributed by atoms with Gasteiger partial charge in [-0.15, -0.1) is 0 Å². The molecule has 3 nitrogen and oxygen atoms in total. The van der Waals surface area contributed by atoms with Gasteiger partial charge in [0, 0.05) is 0 Å². The molecule has 0 aromatic heterocycles. The van der Waals surface area contributed by atoms with Crippen LogP contribution in [-0.2, 0) is 4.79 Å². The maximum Gasteiger partial charge on any atom is 0.320 e. The molecule has 1 rings (SSSR count). The maximum atomic E-state index is 10.4. The van der Waals surface area contributed by atoms with Crippen LogP contribution in [0.1, 0.15) is 32.6 Å². The summed E-state index contributed by atoms with van der Waals surface area (Å²) in [6, 6.07) is -0.398. The average Bonchev–Trinajstić information content (AvgIpc) is 2.51. The molecule has 0 heterocycles. The summed E-state index contributed by atoms with van der Waals surface area (Å²) in [5.74, 6) is -0.0419. The zero-order chi connectivity index (χ0) is 8.97. The van der Waals surface area contributed by atoms with Gasteiger partial charge in [-0.1, -0.05) is 12.8 Å². The summed E-state index contributed by atoms with van der Waals surface area (Å²) >= 11 is 0. The zero-order valence-corrected chi connectivity index (χ0v) is 7.55. The molecule has 1 unspecified atom stereocenters. The Bertz CT molecular complexity index is 153. The fraction of sp³-hybridized carbons (Fsp3) is 0.889. The summed E-state index contributed by atoms with van der Waals surface area (Å²) < 4.78 is 0. The maximum absolute atomic E-state index is 10.4. The van der Waals surface area contributed by atoms with Crippen LogP contribution in [-0.4, -0.2) is 23.7 Å². The third-order valence-corrected chi connectivity index (χ3v) is 2.56. The van der Waals surface area contributed by atoms with Gasteiger partial charge >= 0.3 is 5.97 Å². The Morgan fingerprint density at radius 3 is 2.67 bits per heavy atom.